The van der Waals surface area contributed by atoms with Crippen molar-refractivity contribution in [1.29, 1.82) is 0 Å². The van der Waals surface area contributed by atoms with Gasteiger partial charge in [-0.3, -0.25) is 9.59 Å². The number of hydrogen-bond donors (Lipinski definition) is 1. The number of benzene rings is 2. The number of rotatable bonds is 10. The lowest BCUT2D eigenvalue weighted by Gasteiger charge is -2.20. The van der Waals surface area contributed by atoms with Gasteiger partial charge >= 0.3 is 0 Å². The average Bonchev–Trinajstić information content (AvgIpc) is 3.14. The van der Waals surface area contributed by atoms with E-state index in [-0.39, 0.29) is 24.9 Å². The van der Waals surface area contributed by atoms with Gasteiger partial charge in [-0.05, 0) is 24.3 Å². The molecule has 0 fully saturated rings. The monoisotopic (exact) mass is 418 g/mol. The highest BCUT2D eigenvalue weighted by Gasteiger charge is 2.18. The normalized spacial score (nSPS) is 10.5. The van der Waals surface area contributed by atoms with Crippen molar-refractivity contribution >= 4 is 22.8 Å². The second-order valence-corrected chi connectivity index (χ2v) is 6.86. The van der Waals surface area contributed by atoms with Crippen molar-refractivity contribution in [1.82, 2.24) is 19.8 Å². The number of carbonyl (C=O) groups is 2. The van der Waals surface area contributed by atoms with Crippen LogP contribution in [0.5, 0.6) is 5.75 Å². The Bertz CT molecular complexity index is 1090. The van der Waals surface area contributed by atoms with Crippen LogP contribution in [-0.2, 0) is 17.9 Å². The lowest BCUT2D eigenvalue weighted by molar-refractivity contribution is -0.130. The zero-order chi connectivity index (χ0) is 22.2. The van der Waals surface area contributed by atoms with Gasteiger partial charge in [0.2, 0.25) is 5.91 Å². The number of nitrogens with zero attached hydrogens (tertiary/aromatic N) is 3. The smallest absolute Gasteiger partial charge is 0.255 e. The molecule has 2 amide bonds. The van der Waals surface area contributed by atoms with Gasteiger partial charge in [0.25, 0.3) is 5.91 Å². The minimum atomic E-state index is -0.276. The number of amides is 2. The molecule has 0 aliphatic carbocycles. The molecule has 160 valence electrons. The highest BCUT2D eigenvalue weighted by atomic mass is 16.5. The predicted octanol–water partition coefficient (Wildman–Crippen LogP) is 3.18. The van der Waals surface area contributed by atoms with Gasteiger partial charge in [0.15, 0.2) is 0 Å². The zero-order valence-electron chi connectivity index (χ0n) is 17.6. The Morgan fingerprint density at radius 1 is 1.10 bits per heavy atom. The number of aromatic nitrogens is 2. The lowest BCUT2D eigenvalue weighted by Crippen LogP contribution is -2.35. The average molecular weight is 418 g/mol. The molecule has 3 rings (SSSR count). The van der Waals surface area contributed by atoms with E-state index in [9.17, 15) is 9.59 Å². The fraction of sp³-hybridized carbons (Fsp3) is 0.208. The first-order chi connectivity index (χ1) is 15.1. The third-order valence-corrected chi connectivity index (χ3v) is 4.84. The molecule has 0 saturated heterocycles. The highest BCUT2D eigenvalue weighted by molar-refractivity contribution is 5.96. The molecule has 0 radical (unpaired) electrons. The van der Waals surface area contributed by atoms with Gasteiger partial charge in [-0.1, -0.05) is 36.4 Å². The Hall–Kier alpha value is -3.87. The molecule has 1 N–H and O–H groups in total. The van der Waals surface area contributed by atoms with Crippen LogP contribution in [0.2, 0.25) is 0 Å². The number of hydrogen-bond acceptors (Lipinski definition) is 4. The van der Waals surface area contributed by atoms with E-state index in [1.807, 2.05) is 28.8 Å². The molecule has 1 heterocycles. The first-order valence-electron chi connectivity index (χ1n) is 9.94. The molecule has 0 bridgehead atoms. The molecular weight excluding hydrogens is 392 g/mol. The maximum atomic E-state index is 12.9. The number of para-hydroxylation sites is 3. The Kier molecular flexibility index (Phi) is 7.22. The third-order valence-electron chi connectivity index (χ3n) is 4.84. The van der Waals surface area contributed by atoms with Crippen molar-refractivity contribution in [2.45, 2.75) is 13.1 Å². The Balaban J connectivity index is 1.85. The summed E-state index contributed by atoms with van der Waals surface area (Å²) in [5.41, 5.74) is 2.03. The minimum Gasteiger partial charge on any atom is -0.496 e. The van der Waals surface area contributed by atoms with Crippen LogP contribution in [0.25, 0.3) is 11.0 Å². The summed E-state index contributed by atoms with van der Waals surface area (Å²) in [5.74, 6) is 0.728. The summed E-state index contributed by atoms with van der Waals surface area (Å²) in [6, 6.07) is 14.6. The fourth-order valence-electron chi connectivity index (χ4n) is 3.35. The summed E-state index contributed by atoms with van der Waals surface area (Å²) in [6.07, 6.45) is 3.36. The molecular formula is C24H26N4O3. The standard InChI is InChI=1S/C24H26N4O3/c1-4-14-27(15-5-2)23(29)17-28-20-12-8-7-11-19(20)26-22(28)16-25-24(30)18-10-6-9-13-21(18)31-3/h4-13H,1-2,14-17H2,3H3,(H,25,30). The van der Waals surface area contributed by atoms with Crippen LogP contribution < -0.4 is 10.1 Å². The van der Waals surface area contributed by atoms with Crippen LogP contribution in [0, 0.1) is 0 Å². The van der Waals surface area contributed by atoms with Crippen LogP contribution in [0.15, 0.2) is 73.8 Å². The summed E-state index contributed by atoms with van der Waals surface area (Å²) in [7, 11) is 1.52. The second kappa shape index (κ2) is 10.2. The van der Waals surface area contributed by atoms with Gasteiger partial charge in [-0.2, -0.15) is 0 Å². The van der Waals surface area contributed by atoms with Crippen LogP contribution in [0.1, 0.15) is 16.2 Å². The maximum Gasteiger partial charge on any atom is 0.255 e. The SMILES string of the molecule is C=CCN(CC=C)C(=O)Cn1c(CNC(=O)c2ccccc2OC)nc2ccccc21. The Labute approximate surface area is 181 Å². The topological polar surface area (TPSA) is 76.5 Å². The van der Waals surface area contributed by atoms with E-state index < -0.39 is 0 Å². The van der Waals surface area contributed by atoms with Gasteiger partial charge in [-0.15, -0.1) is 13.2 Å². The van der Waals surface area contributed by atoms with Crippen molar-refractivity contribution in [2.24, 2.45) is 0 Å². The van der Waals surface area contributed by atoms with Crippen LogP contribution >= 0.6 is 0 Å². The van der Waals surface area contributed by atoms with E-state index in [2.05, 4.69) is 23.5 Å². The molecule has 0 saturated carbocycles. The molecule has 0 spiro atoms. The molecule has 0 aliphatic rings. The molecule has 7 nitrogen and oxygen atoms in total. The van der Waals surface area contributed by atoms with E-state index in [0.717, 1.165) is 11.0 Å². The Morgan fingerprint density at radius 3 is 2.48 bits per heavy atom. The summed E-state index contributed by atoms with van der Waals surface area (Å²) >= 11 is 0. The van der Waals surface area contributed by atoms with E-state index >= 15 is 0 Å². The molecule has 7 heteroatoms. The summed E-state index contributed by atoms with van der Waals surface area (Å²) in [5, 5.41) is 2.88. The van der Waals surface area contributed by atoms with Gasteiger partial charge in [-0.25, -0.2) is 4.98 Å². The largest absolute Gasteiger partial charge is 0.496 e. The van der Waals surface area contributed by atoms with E-state index in [4.69, 9.17) is 4.74 Å². The van der Waals surface area contributed by atoms with Crippen LogP contribution in [0.3, 0.4) is 0 Å². The van der Waals surface area contributed by atoms with Crippen molar-refractivity contribution in [3.8, 4) is 5.75 Å². The second-order valence-electron chi connectivity index (χ2n) is 6.86. The minimum absolute atomic E-state index is 0.0831. The number of fused-ring (bicyclic) bond motifs is 1. The van der Waals surface area contributed by atoms with Crippen molar-refractivity contribution in [3.63, 3.8) is 0 Å². The Morgan fingerprint density at radius 2 is 1.77 bits per heavy atom. The lowest BCUT2D eigenvalue weighted by atomic mass is 10.2. The van der Waals surface area contributed by atoms with Gasteiger partial charge < -0.3 is 19.5 Å². The zero-order valence-corrected chi connectivity index (χ0v) is 17.6. The number of nitrogens with one attached hydrogen (secondary N) is 1. The van der Waals surface area contributed by atoms with Crippen molar-refractivity contribution in [2.75, 3.05) is 20.2 Å². The predicted molar refractivity (Wildman–Crippen MR) is 121 cm³/mol. The quantitative estimate of drug-likeness (QED) is 0.513. The number of methoxy groups -OCH3 is 1. The van der Waals surface area contributed by atoms with Crippen LogP contribution in [0.4, 0.5) is 0 Å². The maximum absolute atomic E-state index is 12.9. The van der Waals surface area contributed by atoms with Crippen molar-refractivity contribution < 1.29 is 14.3 Å². The summed E-state index contributed by atoms with van der Waals surface area (Å²) in [4.78, 5) is 31.9. The van der Waals surface area contributed by atoms with E-state index in [1.54, 1.807) is 41.3 Å². The van der Waals surface area contributed by atoms with Gasteiger partial charge in [0.1, 0.15) is 18.1 Å². The fourth-order valence-corrected chi connectivity index (χ4v) is 3.35. The molecule has 2 aromatic carbocycles. The summed E-state index contributed by atoms with van der Waals surface area (Å²) in [6.45, 7) is 8.56. The van der Waals surface area contributed by atoms with Gasteiger partial charge in [0, 0.05) is 13.1 Å². The first kappa shape index (κ1) is 21.8. The van der Waals surface area contributed by atoms with E-state index in [1.165, 1.54) is 7.11 Å². The highest BCUT2D eigenvalue weighted by Crippen LogP contribution is 2.19. The van der Waals surface area contributed by atoms with Crippen LogP contribution in [-0.4, -0.2) is 46.5 Å². The molecule has 0 aliphatic heterocycles. The number of ether oxygens (including phenoxy) is 1. The third kappa shape index (κ3) is 5.01. The molecule has 3 aromatic rings. The van der Waals surface area contributed by atoms with Crippen molar-refractivity contribution in [3.05, 3.63) is 85.2 Å². The van der Waals surface area contributed by atoms with Gasteiger partial charge in [0.05, 0.1) is 30.3 Å². The number of carbonyl (C=O) groups excluding carboxylic acids is 2. The molecule has 31 heavy (non-hydrogen) atoms. The molecule has 1 aromatic heterocycles. The first-order valence-corrected chi connectivity index (χ1v) is 9.94. The molecule has 0 atom stereocenters. The molecule has 0 unspecified atom stereocenters. The van der Waals surface area contributed by atoms with E-state index in [0.29, 0.717) is 30.2 Å². The summed E-state index contributed by atoms with van der Waals surface area (Å²) < 4.78 is 7.10. The number of imidazole rings is 1.